The van der Waals surface area contributed by atoms with Gasteiger partial charge >= 0.3 is 0 Å². The largest absolute Gasteiger partial charge is 0.370 e. The molecule has 1 heterocycles. The summed E-state index contributed by atoms with van der Waals surface area (Å²) in [5, 5.41) is 7.00. The number of nitrogens with zero attached hydrogens (tertiary/aromatic N) is 2. The summed E-state index contributed by atoms with van der Waals surface area (Å²) in [5.74, 6) is 2.77. The monoisotopic (exact) mass is 262 g/mol. The van der Waals surface area contributed by atoms with Crippen molar-refractivity contribution in [2.45, 2.75) is 58.9 Å². The maximum atomic E-state index is 4.48. The molecule has 1 aromatic heterocycles. The van der Waals surface area contributed by atoms with Gasteiger partial charge in [-0.05, 0) is 32.1 Å². The van der Waals surface area contributed by atoms with Crippen LogP contribution < -0.4 is 10.6 Å². The summed E-state index contributed by atoms with van der Waals surface area (Å²) in [4.78, 5) is 8.85. The Morgan fingerprint density at radius 3 is 2.63 bits per heavy atom. The summed E-state index contributed by atoms with van der Waals surface area (Å²) in [6.45, 7) is 7.53. The molecule has 2 unspecified atom stereocenters. The van der Waals surface area contributed by atoms with Gasteiger partial charge in [0.1, 0.15) is 18.0 Å². The van der Waals surface area contributed by atoms with E-state index < -0.39 is 0 Å². The summed E-state index contributed by atoms with van der Waals surface area (Å²) in [5.41, 5.74) is 1.24. The van der Waals surface area contributed by atoms with Crippen molar-refractivity contribution in [3.05, 3.63) is 11.9 Å². The standard InChI is InChI=1S/C15H26N4/c1-4-7-12-14(16-5-2)17-10-18-15(12)19-13-9-6-8-11(13)3/h10-11,13H,4-9H2,1-3H3,(H2,16,17,18,19). The van der Waals surface area contributed by atoms with Crippen molar-refractivity contribution < 1.29 is 0 Å². The maximum Gasteiger partial charge on any atom is 0.134 e. The van der Waals surface area contributed by atoms with Gasteiger partial charge in [-0.2, -0.15) is 0 Å². The van der Waals surface area contributed by atoms with Gasteiger partial charge in [0.15, 0.2) is 0 Å². The first-order valence-corrected chi connectivity index (χ1v) is 7.60. The summed E-state index contributed by atoms with van der Waals surface area (Å²) in [6.07, 6.45) is 7.71. The van der Waals surface area contributed by atoms with Crippen LogP contribution in [0.4, 0.5) is 11.6 Å². The van der Waals surface area contributed by atoms with E-state index in [0.717, 1.165) is 36.9 Å². The fourth-order valence-electron chi connectivity index (χ4n) is 2.88. The fourth-order valence-corrected chi connectivity index (χ4v) is 2.88. The predicted molar refractivity (Wildman–Crippen MR) is 80.6 cm³/mol. The molecule has 0 aromatic carbocycles. The molecule has 0 bridgehead atoms. The Balaban J connectivity index is 2.20. The first-order valence-electron chi connectivity index (χ1n) is 7.60. The van der Waals surface area contributed by atoms with Crippen LogP contribution in [-0.4, -0.2) is 22.6 Å². The van der Waals surface area contributed by atoms with Crippen LogP contribution in [0, 0.1) is 5.92 Å². The molecule has 0 spiro atoms. The molecule has 4 heteroatoms. The Kier molecular flexibility index (Phi) is 5.00. The normalized spacial score (nSPS) is 22.5. The highest BCUT2D eigenvalue weighted by molar-refractivity contribution is 5.57. The van der Waals surface area contributed by atoms with E-state index in [-0.39, 0.29) is 0 Å². The van der Waals surface area contributed by atoms with E-state index in [0.29, 0.717) is 6.04 Å². The molecule has 0 amide bonds. The van der Waals surface area contributed by atoms with E-state index in [1.54, 1.807) is 6.33 Å². The van der Waals surface area contributed by atoms with E-state index in [4.69, 9.17) is 0 Å². The summed E-state index contributed by atoms with van der Waals surface area (Å²) in [7, 11) is 0. The third-order valence-corrected chi connectivity index (χ3v) is 3.97. The van der Waals surface area contributed by atoms with Gasteiger partial charge in [-0.3, -0.25) is 0 Å². The second kappa shape index (κ2) is 6.73. The molecule has 1 aliphatic carbocycles. The van der Waals surface area contributed by atoms with Gasteiger partial charge in [0.2, 0.25) is 0 Å². The lowest BCUT2D eigenvalue weighted by atomic mass is 10.1. The van der Waals surface area contributed by atoms with Gasteiger partial charge in [-0.15, -0.1) is 0 Å². The van der Waals surface area contributed by atoms with Crippen molar-refractivity contribution in [1.29, 1.82) is 0 Å². The summed E-state index contributed by atoms with van der Waals surface area (Å²) >= 11 is 0. The zero-order chi connectivity index (χ0) is 13.7. The number of hydrogen-bond donors (Lipinski definition) is 2. The Morgan fingerprint density at radius 2 is 2.00 bits per heavy atom. The highest BCUT2D eigenvalue weighted by Gasteiger charge is 2.24. The SMILES string of the molecule is CCCc1c(NCC)ncnc1NC1CCCC1C. The highest BCUT2D eigenvalue weighted by Crippen LogP contribution is 2.30. The molecule has 1 aliphatic rings. The zero-order valence-electron chi connectivity index (χ0n) is 12.4. The van der Waals surface area contributed by atoms with E-state index in [9.17, 15) is 0 Å². The van der Waals surface area contributed by atoms with E-state index >= 15 is 0 Å². The Morgan fingerprint density at radius 1 is 1.21 bits per heavy atom. The number of nitrogens with one attached hydrogen (secondary N) is 2. The van der Waals surface area contributed by atoms with Gasteiger partial charge in [-0.25, -0.2) is 9.97 Å². The van der Waals surface area contributed by atoms with Crippen LogP contribution in [0.3, 0.4) is 0 Å². The number of anilines is 2. The van der Waals surface area contributed by atoms with Gasteiger partial charge < -0.3 is 10.6 Å². The third-order valence-electron chi connectivity index (χ3n) is 3.97. The van der Waals surface area contributed by atoms with Crippen LogP contribution in [0.1, 0.15) is 52.0 Å². The van der Waals surface area contributed by atoms with Crippen LogP contribution in [0.15, 0.2) is 6.33 Å². The zero-order valence-corrected chi connectivity index (χ0v) is 12.4. The van der Waals surface area contributed by atoms with Crippen molar-refractivity contribution >= 4 is 11.6 Å². The summed E-state index contributed by atoms with van der Waals surface area (Å²) < 4.78 is 0. The first-order chi connectivity index (χ1) is 9.26. The van der Waals surface area contributed by atoms with Crippen molar-refractivity contribution in [3.8, 4) is 0 Å². The highest BCUT2D eigenvalue weighted by atomic mass is 15.1. The third kappa shape index (κ3) is 3.37. The minimum absolute atomic E-state index is 0.569. The second-order valence-electron chi connectivity index (χ2n) is 5.49. The minimum Gasteiger partial charge on any atom is -0.370 e. The molecule has 2 atom stereocenters. The van der Waals surface area contributed by atoms with E-state index in [1.165, 1.54) is 24.8 Å². The van der Waals surface area contributed by atoms with Crippen LogP contribution in [-0.2, 0) is 6.42 Å². The van der Waals surface area contributed by atoms with Gasteiger partial charge in [0.05, 0.1) is 0 Å². The molecule has 0 saturated heterocycles. The Hall–Kier alpha value is -1.32. The van der Waals surface area contributed by atoms with Crippen molar-refractivity contribution in [1.82, 2.24) is 9.97 Å². The molecule has 1 saturated carbocycles. The molecule has 2 rings (SSSR count). The fraction of sp³-hybridized carbons (Fsp3) is 0.733. The average Bonchev–Trinajstić information content (AvgIpc) is 2.79. The van der Waals surface area contributed by atoms with Gasteiger partial charge in [-0.1, -0.05) is 26.7 Å². The number of aromatic nitrogens is 2. The van der Waals surface area contributed by atoms with Crippen molar-refractivity contribution in [2.24, 2.45) is 5.92 Å². The van der Waals surface area contributed by atoms with Crippen LogP contribution >= 0.6 is 0 Å². The molecular formula is C15H26N4. The second-order valence-corrected chi connectivity index (χ2v) is 5.49. The Labute approximate surface area is 116 Å². The van der Waals surface area contributed by atoms with Crippen molar-refractivity contribution in [3.63, 3.8) is 0 Å². The molecule has 4 nitrogen and oxygen atoms in total. The summed E-state index contributed by atoms with van der Waals surface area (Å²) in [6, 6.07) is 0.569. The molecule has 2 N–H and O–H groups in total. The minimum atomic E-state index is 0.569. The van der Waals surface area contributed by atoms with Gasteiger partial charge in [0.25, 0.3) is 0 Å². The first kappa shape index (κ1) is 14.1. The molecule has 19 heavy (non-hydrogen) atoms. The lowest BCUT2D eigenvalue weighted by Crippen LogP contribution is -2.24. The lowest BCUT2D eigenvalue weighted by Gasteiger charge is -2.21. The molecule has 1 aromatic rings. The van der Waals surface area contributed by atoms with E-state index in [1.807, 2.05) is 0 Å². The van der Waals surface area contributed by atoms with Crippen LogP contribution in [0.5, 0.6) is 0 Å². The maximum absolute atomic E-state index is 4.48. The lowest BCUT2D eigenvalue weighted by molar-refractivity contribution is 0.554. The van der Waals surface area contributed by atoms with Crippen LogP contribution in [0.2, 0.25) is 0 Å². The average molecular weight is 262 g/mol. The topological polar surface area (TPSA) is 49.8 Å². The molecule has 0 radical (unpaired) electrons. The molecular weight excluding hydrogens is 236 g/mol. The Bertz CT molecular complexity index is 405. The number of hydrogen-bond acceptors (Lipinski definition) is 4. The molecule has 106 valence electrons. The molecule has 1 fully saturated rings. The van der Waals surface area contributed by atoms with Crippen LogP contribution in [0.25, 0.3) is 0 Å². The quantitative estimate of drug-likeness (QED) is 0.824. The molecule has 0 aliphatic heterocycles. The van der Waals surface area contributed by atoms with Crippen molar-refractivity contribution in [2.75, 3.05) is 17.2 Å². The number of rotatable bonds is 6. The van der Waals surface area contributed by atoms with E-state index in [2.05, 4.69) is 41.4 Å². The smallest absolute Gasteiger partial charge is 0.134 e. The predicted octanol–water partition coefficient (Wildman–Crippen LogP) is 3.46. The van der Waals surface area contributed by atoms with Gasteiger partial charge in [0, 0.05) is 18.2 Å².